The average Bonchev–Trinajstić information content (AvgIpc) is 2.99. The van der Waals surface area contributed by atoms with Crippen LogP contribution in [0, 0.1) is 0 Å². The molecule has 21 heavy (non-hydrogen) atoms. The van der Waals surface area contributed by atoms with Gasteiger partial charge in [-0.3, -0.25) is 0 Å². The zero-order valence-corrected chi connectivity index (χ0v) is 13.5. The Morgan fingerprint density at radius 3 is 2.76 bits per heavy atom. The van der Waals surface area contributed by atoms with Crippen molar-refractivity contribution in [2.45, 2.75) is 43.7 Å². The average molecular weight is 312 g/mol. The summed E-state index contributed by atoms with van der Waals surface area (Å²) in [6.45, 7) is 3.41. The first kappa shape index (κ1) is 16.4. The summed E-state index contributed by atoms with van der Waals surface area (Å²) < 4.78 is 32.5. The lowest BCUT2D eigenvalue weighted by molar-refractivity contribution is 0.0979. The minimum atomic E-state index is -3.50. The van der Waals surface area contributed by atoms with Gasteiger partial charge in [-0.1, -0.05) is 19.1 Å². The second-order valence-electron chi connectivity index (χ2n) is 5.42. The Hall–Kier alpha value is -0.950. The van der Waals surface area contributed by atoms with Gasteiger partial charge in [0, 0.05) is 26.7 Å². The zero-order valence-electron chi connectivity index (χ0n) is 12.7. The third-order valence-electron chi connectivity index (χ3n) is 3.92. The third kappa shape index (κ3) is 3.63. The number of aryl methyl sites for hydroxylation is 1. The van der Waals surface area contributed by atoms with Crippen molar-refractivity contribution >= 4 is 10.0 Å². The van der Waals surface area contributed by atoms with Crippen molar-refractivity contribution in [3.63, 3.8) is 0 Å². The van der Waals surface area contributed by atoms with Gasteiger partial charge in [-0.15, -0.1) is 0 Å². The van der Waals surface area contributed by atoms with Gasteiger partial charge < -0.3 is 10.5 Å². The zero-order chi connectivity index (χ0) is 15.5. The molecule has 5 nitrogen and oxygen atoms in total. The lowest BCUT2D eigenvalue weighted by atomic mass is 10.1. The number of rotatable bonds is 6. The van der Waals surface area contributed by atoms with E-state index in [1.807, 2.05) is 19.1 Å². The Kier molecular flexibility index (Phi) is 5.37. The van der Waals surface area contributed by atoms with Crippen LogP contribution in [0.5, 0.6) is 0 Å². The summed E-state index contributed by atoms with van der Waals surface area (Å²) in [6, 6.07) is 5.44. The Bertz CT molecular complexity index is 581. The summed E-state index contributed by atoms with van der Waals surface area (Å²) >= 11 is 0. The summed E-state index contributed by atoms with van der Waals surface area (Å²) in [4.78, 5) is 0.369. The molecule has 2 rings (SSSR count). The summed E-state index contributed by atoms with van der Waals surface area (Å²) in [5.41, 5.74) is 7.29. The number of hydrogen-bond donors (Lipinski definition) is 1. The molecule has 1 unspecified atom stereocenters. The van der Waals surface area contributed by atoms with Crippen molar-refractivity contribution < 1.29 is 13.2 Å². The molecule has 0 aliphatic carbocycles. The van der Waals surface area contributed by atoms with Gasteiger partial charge in [0.05, 0.1) is 11.0 Å². The highest BCUT2D eigenvalue weighted by molar-refractivity contribution is 7.89. The standard InChI is InChI=1S/C15H24N2O3S/c1-3-13-7-6-12(10-16)9-15(13)21(18,19)17(2)11-14-5-4-8-20-14/h6-7,9,14H,3-5,8,10-11,16H2,1-2H3. The van der Waals surface area contributed by atoms with E-state index in [1.54, 1.807) is 13.1 Å². The van der Waals surface area contributed by atoms with Crippen molar-refractivity contribution in [2.75, 3.05) is 20.2 Å². The molecule has 1 heterocycles. The molecule has 118 valence electrons. The summed E-state index contributed by atoms with van der Waals surface area (Å²) in [7, 11) is -1.89. The van der Waals surface area contributed by atoms with Crippen LogP contribution in [0.1, 0.15) is 30.9 Å². The number of ether oxygens (including phenoxy) is 1. The Labute approximate surface area is 127 Å². The molecule has 0 bridgehead atoms. The number of nitrogens with two attached hydrogens (primary N) is 1. The molecule has 0 radical (unpaired) electrons. The van der Waals surface area contributed by atoms with E-state index in [9.17, 15) is 8.42 Å². The van der Waals surface area contributed by atoms with Crippen LogP contribution >= 0.6 is 0 Å². The first-order valence-electron chi connectivity index (χ1n) is 7.38. The second-order valence-corrected chi connectivity index (χ2v) is 7.43. The topological polar surface area (TPSA) is 72.6 Å². The van der Waals surface area contributed by atoms with Gasteiger partial charge in [-0.05, 0) is 36.5 Å². The van der Waals surface area contributed by atoms with Crippen LogP contribution < -0.4 is 5.73 Å². The van der Waals surface area contributed by atoms with Gasteiger partial charge in [-0.25, -0.2) is 8.42 Å². The molecule has 0 aromatic heterocycles. The fourth-order valence-electron chi connectivity index (χ4n) is 2.60. The lowest BCUT2D eigenvalue weighted by Gasteiger charge is -2.22. The molecule has 1 aromatic rings. The van der Waals surface area contributed by atoms with Crippen molar-refractivity contribution in [1.29, 1.82) is 0 Å². The first-order chi connectivity index (χ1) is 9.98. The van der Waals surface area contributed by atoms with Gasteiger partial charge in [0.2, 0.25) is 10.0 Å². The quantitative estimate of drug-likeness (QED) is 0.864. The van der Waals surface area contributed by atoms with E-state index in [0.29, 0.717) is 24.4 Å². The van der Waals surface area contributed by atoms with Crippen LogP contribution in [0.2, 0.25) is 0 Å². The maximum absolute atomic E-state index is 12.8. The van der Waals surface area contributed by atoms with Crippen LogP contribution in [0.25, 0.3) is 0 Å². The number of sulfonamides is 1. The van der Waals surface area contributed by atoms with Crippen molar-refractivity contribution in [3.8, 4) is 0 Å². The molecular weight excluding hydrogens is 288 g/mol. The summed E-state index contributed by atoms with van der Waals surface area (Å²) in [5, 5.41) is 0. The smallest absolute Gasteiger partial charge is 0.243 e. The molecule has 6 heteroatoms. The Balaban J connectivity index is 2.28. The van der Waals surface area contributed by atoms with E-state index in [-0.39, 0.29) is 6.10 Å². The van der Waals surface area contributed by atoms with Crippen molar-refractivity contribution in [1.82, 2.24) is 4.31 Å². The van der Waals surface area contributed by atoms with Crippen LogP contribution in [0.4, 0.5) is 0 Å². The maximum Gasteiger partial charge on any atom is 0.243 e. The molecule has 1 saturated heterocycles. The highest BCUT2D eigenvalue weighted by Gasteiger charge is 2.27. The SMILES string of the molecule is CCc1ccc(CN)cc1S(=O)(=O)N(C)CC1CCCO1. The molecule has 0 amide bonds. The van der Waals surface area contributed by atoms with Crippen LogP contribution in [0.15, 0.2) is 23.1 Å². The molecule has 1 aromatic carbocycles. The van der Waals surface area contributed by atoms with E-state index in [4.69, 9.17) is 10.5 Å². The van der Waals surface area contributed by atoms with E-state index >= 15 is 0 Å². The molecule has 1 aliphatic heterocycles. The molecule has 1 aliphatic rings. The molecular formula is C15H24N2O3S. The van der Waals surface area contributed by atoms with Crippen molar-refractivity contribution in [3.05, 3.63) is 29.3 Å². The van der Waals surface area contributed by atoms with Gasteiger partial charge in [0.25, 0.3) is 0 Å². The minimum absolute atomic E-state index is 0.00698. The fraction of sp³-hybridized carbons (Fsp3) is 0.600. The molecule has 1 atom stereocenters. The predicted molar refractivity (Wildman–Crippen MR) is 82.5 cm³/mol. The second kappa shape index (κ2) is 6.87. The van der Waals surface area contributed by atoms with Crippen LogP contribution in [-0.4, -0.2) is 39.0 Å². The number of nitrogens with zero attached hydrogens (tertiary/aromatic N) is 1. The highest BCUT2D eigenvalue weighted by atomic mass is 32.2. The number of hydrogen-bond acceptors (Lipinski definition) is 4. The summed E-state index contributed by atoms with van der Waals surface area (Å²) in [5.74, 6) is 0. The molecule has 0 spiro atoms. The van der Waals surface area contributed by atoms with Gasteiger partial charge >= 0.3 is 0 Å². The van der Waals surface area contributed by atoms with Crippen LogP contribution in [0.3, 0.4) is 0 Å². The highest BCUT2D eigenvalue weighted by Crippen LogP contribution is 2.23. The van der Waals surface area contributed by atoms with Gasteiger partial charge in [-0.2, -0.15) is 4.31 Å². The minimum Gasteiger partial charge on any atom is -0.377 e. The van der Waals surface area contributed by atoms with E-state index in [2.05, 4.69) is 0 Å². The maximum atomic E-state index is 12.8. The first-order valence-corrected chi connectivity index (χ1v) is 8.82. The van der Waals surface area contributed by atoms with Crippen molar-refractivity contribution in [2.24, 2.45) is 5.73 Å². The fourth-order valence-corrected chi connectivity index (χ4v) is 4.14. The molecule has 2 N–H and O–H groups in total. The molecule has 0 saturated carbocycles. The van der Waals surface area contributed by atoms with E-state index in [0.717, 1.165) is 30.6 Å². The Morgan fingerprint density at radius 1 is 1.43 bits per heavy atom. The number of benzene rings is 1. The summed E-state index contributed by atoms with van der Waals surface area (Å²) in [6.07, 6.45) is 2.60. The monoisotopic (exact) mass is 312 g/mol. The van der Waals surface area contributed by atoms with Gasteiger partial charge in [0.1, 0.15) is 0 Å². The van der Waals surface area contributed by atoms with E-state index in [1.165, 1.54) is 4.31 Å². The normalized spacial score (nSPS) is 19.3. The lowest BCUT2D eigenvalue weighted by Crippen LogP contribution is -2.34. The van der Waals surface area contributed by atoms with Gasteiger partial charge in [0.15, 0.2) is 0 Å². The third-order valence-corrected chi connectivity index (χ3v) is 5.83. The largest absolute Gasteiger partial charge is 0.377 e. The predicted octanol–water partition coefficient (Wildman–Crippen LogP) is 1.51. The van der Waals surface area contributed by atoms with Crippen LogP contribution in [-0.2, 0) is 27.7 Å². The molecule has 1 fully saturated rings. The van der Waals surface area contributed by atoms with E-state index < -0.39 is 10.0 Å². The number of likely N-dealkylation sites (N-methyl/N-ethyl adjacent to an activating group) is 1. The Morgan fingerprint density at radius 2 is 2.19 bits per heavy atom.